The zero-order chi connectivity index (χ0) is 12.0. The van der Waals surface area contributed by atoms with Crippen LogP contribution in [-0.4, -0.2) is 41.0 Å². The molecule has 5 heteroatoms. The predicted octanol–water partition coefficient (Wildman–Crippen LogP) is 0.355. The van der Waals surface area contributed by atoms with Crippen LogP contribution in [0.15, 0.2) is 18.3 Å². The van der Waals surface area contributed by atoms with Crippen LogP contribution in [0.2, 0.25) is 0 Å². The minimum atomic E-state index is -0.0133. The maximum absolute atomic E-state index is 11.2. The van der Waals surface area contributed by atoms with E-state index in [1.165, 1.54) is 6.20 Å². The average molecular weight is 223 g/mol. The van der Waals surface area contributed by atoms with Crippen molar-refractivity contribution in [1.82, 2.24) is 15.2 Å². The maximum Gasteiger partial charge on any atom is 0.233 e. The van der Waals surface area contributed by atoms with Gasteiger partial charge in [0.05, 0.1) is 18.4 Å². The molecule has 0 aliphatic rings. The number of carbonyl (C=O) groups excluding carboxylic acids is 1. The normalized spacial score (nSPS) is 10.4. The highest BCUT2D eigenvalue weighted by molar-refractivity contribution is 5.77. The molecular formula is C11H17N3O2. The van der Waals surface area contributed by atoms with E-state index in [0.29, 0.717) is 13.1 Å². The Bertz CT molecular complexity index is 338. The highest BCUT2D eigenvalue weighted by atomic mass is 16.3. The van der Waals surface area contributed by atoms with Crippen LogP contribution in [0.3, 0.4) is 0 Å². The molecule has 0 aromatic carbocycles. The van der Waals surface area contributed by atoms with Crippen LogP contribution in [0, 0.1) is 0 Å². The van der Waals surface area contributed by atoms with E-state index < -0.39 is 0 Å². The van der Waals surface area contributed by atoms with Crippen molar-refractivity contribution in [1.29, 1.82) is 0 Å². The number of carbonyl (C=O) groups is 1. The fraction of sp³-hybridized carbons (Fsp3) is 0.455. The number of amides is 1. The van der Waals surface area contributed by atoms with Gasteiger partial charge in [-0.3, -0.25) is 14.7 Å². The lowest BCUT2D eigenvalue weighted by atomic mass is 10.3. The number of hydrogen-bond acceptors (Lipinski definition) is 4. The first kappa shape index (κ1) is 12.4. The lowest BCUT2D eigenvalue weighted by molar-refractivity contribution is -0.121. The van der Waals surface area contributed by atoms with Crippen LogP contribution in [0.4, 0.5) is 0 Å². The van der Waals surface area contributed by atoms with Gasteiger partial charge in [0.25, 0.3) is 0 Å². The SMILES string of the molecule is CCN(CC(=O)NC)Cc1ccc(O)cn1. The van der Waals surface area contributed by atoms with Crippen LogP contribution < -0.4 is 5.32 Å². The van der Waals surface area contributed by atoms with Crippen LogP contribution >= 0.6 is 0 Å². The molecule has 16 heavy (non-hydrogen) atoms. The van der Waals surface area contributed by atoms with E-state index in [1.54, 1.807) is 19.2 Å². The minimum Gasteiger partial charge on any atom is -0.506 e. The lowest BCUT2D eigenvalue weighted by Gasteiger charge is -2.18. The second-order valence-electron chi connectivity index (χ2n) is 3.48. The number of pyridine rings is 1. The third-order valence-corrected chi connectivity index (χ3v) is 2.29. The van der Waals surface area contributed by atoms with Crippen molar-refractivity contribution in [3.8, 4) is 5.75 Å². The molecule has 1 rings (SSSR count). The van der Waals surface area contributed by atoms with Crippen LogP contribution in [0.25, 0.3) is 0 Å². The Kier molecular flexibility index (Phi) is 4.72. The molecule has 0 unspecified atom stereocenters. The van der Waals surface area contributed by atoms with Crippen molar-refractivity contribution in [3.05, 3.63) is 24.0 Å². The smallest absolute Gasteiger partial charge is 0.233 e. The summed E-state index contributed by atoms with van der Waals surface area (Å²) in [7, 11) is 1.62. The van der Waals surface area contributed by atoms with E-state index in [-0.39, 0.29) is 11.7 Å². The van der Waals surface area contributed by atoms with Gasteiger partial charge in [0.2, 0.25) is 5.91 Å². The molecule has 1 aromatic heterocycles. The van der Waals surface area contributed by atoms with Gasteiger partial charge in [0, 0.05) is 13.6 Å². The Balaban J connectivity index is 2.56. The van der Waals surface area contributed by atoms with Crippen molar-refractivity contribution in [2.24, 2.45) is 0 Å². The summed E-state index contributed by atoms with van der Waals surface area (Å²) in [5.41, 5.74) is 0.837. The first-order valence-electron chi connectivity index (χ1n) is 5.22. The number of rotatable bonds is 5. The van der Waals surface area contributed by atoms with Crippen LogP contribution in [0.1, 0.15) is 12.6 Å². The van der Waals surface area contributed by atoms with Crippen molar-refractivity contribution in [3.63, 3.8) is 0 Å². The molecule has 0 radical (unpaired) electrons. The Labute approximate surface area is 95.1 Å². The number of likely N-dealkylation sites (N-methyl/N-ethyl adjacent to an activating group) is 2. The molecule has 1 aromatic rings. The molecule has 0 bridgehead atoms. The monoisotopic (exact) mass is 223 g/mol. The third-order valence-electron chi connectivity index (χ3n) is 2.29. The largest absolute Gasteiger partial charge is 0.506 e. The van der Waals surface area contributed by atoms with Crippen molar-refractivity contribution >= 4 is 5.91 Å². The maximum atomic E-state index is 11.2. The fourth-order valence-corrected chi connectivity index (χ4v) is 1.30. The minimum absolute atomic E-state index is 0.0133. The molecule has 0 spiro atoms. The van der Waals surface area contributed by atoms with Gasteiger partial charge in [0.15, 0.2) is 0 Å². The summed E-state index contributed by atoms with van der Waals surface area (Å²) < 4.78 is 0. The van der Waals surface area contributed by atoms with E-state index in [2.05, 4.69) is 10.3 Å². The number of nitrogens with one attached hydrogen (secondary N) is 1. The molecule has 5 nitrogen and oxygen atoms in total. The van der Waals surface area contributed by atoms with Gasteiger partial charge in [0.1, 0.15) is 5.75 Å². The van der Waals surface area contributed by atoms with Crippen LogP contribution in [0.5, 0.6) is 5.75 Å². The zero-order valence-electron chi connectivity index (χ0n) is 9.60. The molecule has 0 aliphatic carbocycles. The van der Waals surface area contributed by atoms with Gasteiger partial charge in [-0.2, -0.15) is 0 Å². The second kappa shape index (κ2) is 6.07. The predicted molar refractivity (Wildman–Crippen MR) is 60.9 cm³/mol. The summed E-state index contributed by atoms with van der Waals surface area (Å²) >= 11 is 0. The van der Waals surface area contributed by atoms with Gasteiger partial charge in [-0.1, -0.05) is 6.92 Å². The number of hydrogen-bond donors (Lipinski definition) is 2. The summed E-state index contributed by atoms with van der Waals surface area (Å²) in [6.07, 6.45) is 1.41. The quantitative estimate of drug-likeness (QED) is 0.756. The highest BCUT2D eigenvalue weighted by Crippen LogP contribution is 2.07. The summed E-state index contributed by atoms with van der Waals surface area (Å²) in [5.74, 6) is 0.138. The Morgan fingerprint density at radius 1 is 1.56 bits per heavy atom. The van der Waals surface area contributed by atoms with Gasteiger partial charge in [-0.25, -0.2) is 0 Å². The number of aromatic nitrogens is 1. The third kappa shape index (κ3) is 3.86. The van der Waals surface area contributed by atoms with E-state index >= 15 is 0 Å². The Morgan fingerprint density at radius 3 is 2.81 bits per heavy atom. The van der Waals surface area contributed by atoms with Gasteiger partial charge in [-0.05, 0) is 18.7 Å². The summed E-state index contributed by atoms with van der Waals surface area (Å²) in [4.78, 5) is 17.3. The molecule has 1 amide bonds. The standard InChI is InChI=1S/C11H17N3O2/c1-3-14(8-11(16)12-2)7-9-4-5-10(15)6-13-9/h4-6,15H,3,7-8H2,1-2H3,(H,12,16). The van der Waals surface area contributed by atoms with Gasteiger partial charge < -0.3 is 10.4 Å². The van der Waals surface area contributed by atoms with Crippen molar-refractivity contribution in [2.75, 3.05) is 20.1 Å². The summed E-state index contributed by atoms with van der Waals surface area (Å²) in [5, 5.41) is 11.7. The summed E-state index contributed by atoms with van der Waals surface area (Å²) in [6, 6.07) is 3.35. The zero-order valence-corrected chi connectivity index (χ0v) is 9.60. The molecule has 1 heterocycles. The van der Waals surface area contributed by atoms with Crippen LogP contribution in [-0.2, 0) is 11.3 Å². The van der Waals surface area contributed by atoms with Gasteiger partial charge in [-0.15, -0.1) is 0 Å². The topological polar surface area (TPSA) is 65.5 Å². The molecule has 0 fully saturated rings. The molecule has 0 atom stereocenters. The van der Waals surface area contributed by atoms with Gasteiger partial charge >= 0.3 is 0 Å². The first-order chi connectivity index (χ1) is 7.65. The molecule has 0 aliphatic heterocycles. The number of nitrogens with zero attached hydrogens (tertiary/aromatic N) is 2. The van der Waals surface area contributed by atoms with Crippen molar-refractivity contribution in [2.45, 2.75) is 13.5 Å². The molecular weight excluding hydrogens is 206 g/mol. The molecule has 2 N–H and O–H groups in total. The highest BCUT2D eigenvalue weighted by Gasteiger charge is 2.08. The van der Waals surface area contributed by atoms with Crippen molar-refractivity contribution < 1.29 is 9.90 Å². The lowest BCUT2D eigenvalue weighted by Crippen LogP contribution is -2.35. The van der Waals surface area contributed by atoms with E-state index in [1.807, 2.05) is 11.8 Å². The molecule has 88 valence electrons. The van der Waals surface area contributed by atoms with E-state index in [9.17, 15) is 4.79 Å². The van der Waals surface area contributed by atoms with E-state index in [0.717, 1.165) is 12.2 Å². The Morgan fingerprint density at radius 2 is 2.31 bits per heavy atom. The summed E-state index contributed by atoms with van der Waals surface area (Å²) in [6.45, 7) is 3.72. The average Bonchev–Trinajstić information content (AvgIpc) is 2.30. The first-order valence-corrected chi connectivity index (χ1v) is 5.22. The molecule has 0 saturated heterocycles. The fourth-order valence-electron chi connectivity index (χ4n) is 1.30. The second-order valence-corrected chi connectivity index (χ2v) is 3.48. The number of aromatic hydroxyl groups is 1. The Hall–Kier alpha value is -1.62. The molecule has 0 saturated carbocycles. The van der Waals surface area contributed by atoms with E-state index in [4.69, 9.17) is 5.11 Å².